The Morgan fingerprint density at radius 2 is 1.11 bits per heavy atom. The Labute approximate surface area is 505 Å². The van der Waals surface area contributed by atoms with Crippen molar-refractivity contribution in [1.82, 2.24) is 9.13 Å². The van der Waals surface area contributed by atoms with Gasteiger partial charge in [0.2, 0.25) is 5.78 Å². The van der Waals surface area contributed by atoms with Crippen LogP contribution in [-0.2, 0) is 45.5 Å². The topological polar surface area (TPSA) is 201 Å². The van der Waals surface area contributed by atoms with Crippen LogP contribution in [0.25, 0.3) is 32.4 Å². The summed E-state index contributed by atoms with van der Waals surface area (Å²) in [4.78, 5) is 69.1. The van der Waals surface area contributed by atoms with Gasteiger partial charge in [0.15, 0.2) is 0 Å². The first kappa shape index (κ1) is 62.5. The quantitative estimate of drug-likeness (QED) is 0.0649. The Balaban J connectivity index is 0.000000196. The number of carboxylic acids is 3. The first-order chi connectivity index (χ1) is 37.2. The average Bonchev–Trinajstić information content (AvgIpc) is 4.18. The number of hydrogen-bond donors (Lipinski definition) is 3. The van der Waals surface area contributed by atoms with Crippen molar-refractivity contribution in [3.8, 4) is 17.2 Å². The number of carboxylic acid groups (broad SMARTS) is 3. The van der Waals surface area contributed by atoms with Gasteiger partial charge in [0, 0.05) is 46.4 Å². The fourth-order valence-corrected chi connectivity index (χ4v) is 8.70. The molecule has 0 spiro atoms. The summed E-state index contributed by atoms with van der Waals surface area (Å²) in [6, 6.07) is 46.3. The monoisotopic (exact) mass is 1110 g/mol. The summed E-state index contributed by atoms with van der Waals surface area (Å²) in [7, 11) is 6.55. The normalized spacial score (nSPS) is 10.8. The van der Waals surface area contributed by atoms with Crippen LogP contribution in [0.15, 0.2) is 152 Å². The molecule has 9 rings (SSSR count). The van der Waals surface area contributed by atoms with Gasteiger partial charge in [-0.2, -0.15) is 0 Å². The average molecular weight is 1110 g/mol. The zero-order chi connectivity index (χ0) is 56.8. The van der Waals surface area contributed by atoms with Crippen LogP contribution in [0, 0.1) is 13.8 Å². The third-order valence-electron chi connectivity index (χ3n) is 13.1. The molecule has 1 atom stereocenters. The summed E-state index contributed by atoms with van der Waals surface area (Å²) in [5, 5.41) is 32.7. The van der Waals surface area contributed by atoms with Gasteiger partial charge >= 0.3 is 69.3 Å². The molecule has 3 N–H and O–H groups in total. The maximum atomic E-state index is 13.0. The van der Waals surface area contributed by atoms with Crippen LogP contribution >= 0.6 is 11.6 Å². The van der Waals surface area contributed by atoms with E-state index in [1.54, 1.807) is 120 Å². The summed E-state index contributed by atoms with van der Waals surface area (Å²) < 4.78 is 18.7. The molecule has 0 aliphatic rings. The van der Waals surface area contributed by atoms with E-state index < -0.39 is 23.8 Å². The number of carbonyl (C=O) groups is 6. The number of aromatic nitrogens is 2. The van der Waals surface area contributed by atoms with E-state index in [9.17, 15) is 33.9 Å². The number of nitrogens with zero attached hydrogens (tertiary/aromatic N) is 2. The van der Waals surface area contributed by atoms with Crippen LogP contribution < -0.4 is 14.2 Å². The van der Waals surface area contributed by atoms with Crippen molar-refractivity contribution >= 4 is 131 Å². The molecule has 404 valence electrons. The Morgan fingerprint density at radius 1 is 0.595 bits per heavy atom. The summed E-state index contributed by atoms with van der Waals surface area (Å²) in [5.74, 6) is -0.973. The van der Waals surface area contributed by atoms with E-state index in [-0.39, 0.29) is 81.7 Å². The third kappa shape index (κ3) is 16.6. The molecule has 0 bridgehead atoms. The number of benzene rings is 7. The van der Waals surface area contributed by atoms with Gasteiger partial charge < -0.3 is 38.9 Å². The molecule has 0 unspecified atom stereocenters. The second kappa shape index (κ2) is 29.0. The van der Waals surface area contributed by atoms with E-state index >= 15 is 0 Å². The molecule has 0 fully saturated rings. The number of fused-ring (bicyclic) bond motifs is 3. The molecule has 14 nitrogen and oxygen atoms in total. The van der Waals surface area contributed by atoms with Gasteiger partial charge in [-0.1, -0.05) is 90.0 Å². The summed E-state index contributed by atoms with van der Waals surface area (Å²) in [6.07, 6.45) is 1.17. The van der Waals surface area contributed by atoms with E-state index in [2.05, 4.69) is 18.2 Å². The standard InChI is InChI=1S/C19H16ClNO4.C15H15NO3.C15H16O2.C14H14O3.K.H/c1-11-15(10-18(22)23)16-9-14(25-2)7-8-17(16)21(11)19(24)12-3-5-13(20)6-4-12;1-10-3-5-11(6-4-10)15(19)13-8-7-12(16(13)2)9-14(17)18;1-11(16)3-4-12-5-6-14-10-15(17-2)8-7-13(14)9-12;1-9(14(15)16)10-3-4-12-8-13(17-2)6-5-11(12)7-10;;/h3-9H,10H2,1-2H3,(H,22,23);3-8H,9H2,1-2H3,(H,17,18);5-10H,3-4H2,1-2H3;3-9H,1-2H3,(H,15,16);;/t;;;9-;;/m...0../s1. The number of ketones is 2. The molecule has 2 aromatic heterocycles. The zero-order valence-electron chi connectivity index (χ0n) is 44.6. The molecule has 0 saturated carbocycles. The summed E-state index contributed by atoms with van der Waals surface area (Å²) >= 11 is 5.89. The van der Waals surface area contributed by atoms with Crippen LogP contribution in [0.3, 0.4) is 0 Å². The van der Waals surface area contributed by atoms with E-state index in [1.165, 1.54) is 15.5 Å². The Bertz CT molecular complexity index is 3660. The van der Waals surface area contributed by atoms with Gasteiger partial charge in [-0.15, -0.1) is 0 Å². The van der Waals surface area contributed by atoms with Crippen molar-refractivity contribution in [1.29, 1.82) is 0 Å². The molecule has 16 heteroatoms. The Morgan fingerprint density at radius 3 is 1.67 bits per heavy atom. The SMILES string of the molecule is COc1ccc2c(c1)c(CC(=O)O)c(C)n2C(=O)c1ccc(Cl)cc1.COc1ccc2cc(CCC(C)=O)ccc2c1.COc1ccc2cc([C@H](C)C(=O)O)ccc2c1.Cc1ccc(C(=O)c2ccc(CC(=O)O)n2C)cc1.[KH]. The van der Waals surface area contributed by atoms with Crippen LogP contribution in [-0.4, -0.2) is 133 Å². The van der Waals surface area contributed by atoms with E-state index in [0.29, 0.717) is 61.9 Å². The van der Waals surface area contributed by atoms with Gasteiger partial charge in [-0.25, -0.2) is 0 Å². The number of carbonyl (C=O) groups excluding carboxylic acids is 3. The molecule has 2 heterocycles. The molecule has 9 aromatic rings. The third-order valence-corrected chi connectivity index (χ3v) is 13.3. The fourth-order valence-electron chi connectivity index (χ4n) is 8.57. The predicted molar refractivity (Wildman–Crippen MR) is 310 cm³/mol. The van der Waals surface area contributed by atoms with E-state index in [1.807, 2.05) is 73.7 Å². The molecule has 79 heavy (non-hydrogen) atoms. The minimum atomic E-state index is -0.955. The van der Waals surface area contributed by atoms with Gasteiger partial charge in [0.05, 0.1) is 51.3 Å². The van der Waals surface area contributed by atoms with Crippen molar-refractivity contribution in [3.63, 3.8) is 0 Å². The molecule has 0 aliphatic carbocycles. The number of aryl methyl sites for hydroxylation is 2. The zero-order valence-corrected chi connectivity index (χ0v) is 45.4. The molecule has 7 aromatic carbocycles. The second-order valence-electron chi connectivity index (χ2n) is 18.5. The van der Waals surface area contributed by atoms with Gasteiger partial charge in [-0.05, 0) is 151 Å². The first-order valence-corrected chi connectivity index (χ1v) is 25.1. The maximum absolute atomic E-state index is 13.0. The van der Waals surface area contributed by atoms with Crippen LogP contribution in [0.1, 0.15) is 86.2 Å². The Hall–Kier alpha value is -7.37. The molecule has 0 amide bonds. The number of ether oxygens (including phenoxy) is 3. The molecular weight excluding hydrogens is 1050 g/mol. The number of methoxy groups -OCH3 is 3. The number of Topliss-reactive ketones (excluding diaryl/α,β-unsaturated/α-hetero) is 1. The minimum absolute atomic E-state index is 0. The van der Waals surface area contributed by atoms with Crippen LogP contribution in [0.5, 0.6) is 17.2 Å². The fraction of sp³-hybridized carbons (Fsp3) is 0.206. The Kier molecular flexibility index (Phi) is 22.9. The molecule has 0 radical (unpaired) electrons. The van der Waals surface area contributed by atoms with Gasteiger partial charge in [0.25, 0.3) is 5.91 Å². The van der Waals surface area contributed by atoms with Gasteiger partial charge in [0.1, 0.15) is 23.0 Å². The van der Waals surface area contributed by atoms with E-state index in [0.717, 1.165) is 45.2 Å². The number of rotatable bonds is 15. The number of aliphatic carboxylic acids is 3. The van der Waals surface area contributed by atoms with Gasteiger partial charge in [-0.3, -0.25) is 28.5 Å². The summed E-state index contributed by atoms with van der Waals surface area (Å²) in [6.45, 7) is 7.03. The molecular formula is C63H62ClKN2O12. The predicted octanol–water partition coefficient (Wildman–Crippen LogP) is 11.9. The summed E-state index contributed by atoms with van der Waals surface area (Å²) in [5.41, 5.74) is 7.16. The van der Waals surface area contributed by atoms with Crippen molar-refractivity contribution < 1.29 is 58.3 Å². The first-order valence-electron chi connectivity index (χ1n) is 24.8. The van der Waals surface area contributed by atoms with E-state index in [4.69, 9.17) is 36.0 Å². The van der Waals surface area contributed by atoms with Crippen molar-refractivity contribution in [2.75, 3.05) is 21.3 Å². The van der Waals surface area contributed by atoms with Crippen molar-refractivity contribution in [2.45, 2.75) is 59.3 Å². The number of hydrogen-bond acceptors (Lipinski definition) is 9. The van der Waals surface area contributed by atoms with Crippen molar-refractivity contribution in [2.24, 2.45) is 7.05 Å². The second-order valence-corrected chi connectivity index (χ2v) is 18.9. The number of halogens is 1. The molecule has 0 aliphatic heterocycles. The van der Waals surface area contributed by atoms with Crippen LogP contribution in [0.4, 0.5) is 0 Å². The van der Waals surface area contributed by atoms with Crippen LogP contribution in [0.2, 0.25) is 5.02 Å². The van der Waals surface area contributed by atoms with Crippen molar-refractivity contribution in [3.05, 3.63) is 207 Å². The molecule has 0 saturated heterocycles.